The summed E-state index contributed by atoms with van der Waals surface area (Å²) in [6, 6.07) is 6.21. The molecular weight excluding hydrogens is 230 g/mol. The summed E-state index contributed by atoms with van der Waals surface area (Å²) in [6.45, 7) is 4.62. The molecule has 0 saturated heterocycles. The minimum Gasteiger partial charge on any atom is -0.462 e. The second-order valence-electron chi connectivity index (χ2n) is 4.39. The number of carbonyl (C=O) groups is 2. The second-order valence-corrected chi connectivity index (χ2v) is 4.39. The molecule has 0 heterocycles. The molecule has 0 atom stereocenters. The first-order valence-corrected chi connectivity index (χ1v) is 5.85. The molecule has 1 amide bonds. The van der Waals surface area contributed by atoms with Gasteiger partial charge in [0.2, 0.25) is 0 Å². The third kappa shape index (κ3) is 3.58. The number of esters is 1. The quantitative estimate of drug-likeness (QED) is 0.602. The standard InChI is InChI=1S/C14H19NO3/c1-10-5-6-12(9-11(10)2)7-8-15(3)13(16)14(17)18-4/h5-6,9H,7-8H2,1-4H3. The van der Waals surface area contributed by atoms with E-state index >= 15 is 0 Å². The van der Waals surface area contributed by atoms with Crippen molar-refractivity contribution in [2.45, 2.75) is 20.3 Å². The van der Waals surface area contributed by atoms with E-state index in [2.05, 4.69) is 30.7 Å². The summed E-state index contributed by atoms with van der Waals surface area (Å²) in [6.07, 6.45) is 0.723. The third-order valence-electron chi connectivity index (χ3n) is 3.01. The van der Waals surface area contributed by atoms with Gasteiger partial charge in [0.25, 0.3) is 0 Å². The van der Waals surface area contributed by atoms with Gasteiger partial charge in [-0.25, -0.2) is 4.79 Å². The lowest BCUT2D eigenvalue weighted by atomic mass is 10.0. The van der Waals surface area contributed by atoms with Crippen molar-refractivity contribution in [3.63, 3.8) is 0 Å². The number of aryl methyl sites for hydroxylation is 2. The van der Waals surface area contributed by atoms with Crippen molar-refractivity contribution in [3.8, 4) is 0 Å². The van der Waals surface area contributed by atoms with Gasteiger partial charge in [0.05, 0.1) is 7.11 Å². The minimum absolute atomic E-state index is 0.496. The number of nitrogens with zero attached hydrogens (tertiary/aromatic N) is 1. The zero-order valence-corrected chi connectivity index (χ0v) is 11.3. The number of ether oxygens (including phenoxy) is 1. The van der Waals surface area contributed by atoms with Crippen LogP contribution in [0.3, 0.4) is 0 Å². The summed E-state index contributed by atoms with van der Waals surface area (Å²) in [4.78, 5) is 23.9. The van der Waals surface area contributed by atoms with Crippen LogP contribution < -0.4 is 0 Å². The fourth-order valence-electron chi connectivity index (χ4n) is 1.60. The Kier molecular flexibility index (Phi) is 4.89. The third-order valence-corrected chi connectivity index (χ3v) is 3.01. The lowest BCUT2D eigenvalue weighted by molar-refractivity contribution is -0.157. The van der Waals surface area contributed by atoms with E-state index in [-0.39, 0.29) is 0 Å². The van der Waals surface area contributed by atoms with Gasteiger partial charge in [0.1, 0.15) is 0 Å². The predicted octanol–water partition coefficient (Wildman–Crippen LogP) is 1.48. The number of benzene rings is 1. The van der Waals surface area contributed by atoms with Gasteiger partial charge in [-0.05, 0) is 37.0 Å². The molecule has 0 aromatic heterocycles. The maximum absolute atomic E-state index is 11.5. The van der Waals surface area contributed by atoms with E-state index in [0.717, 1.165) is 12.0 Å². The molecule has 4 nitrogen and oxygen atoms in total. The second kappa shape index (κ2) is 6.19. The zero-order valence-electron chi connectivity index (χ0n) is 11.3. The Balaban J connectivity index is 2.57. The van der Waals surface area contributed by atoms with Crippen LogP contribution in [0.2, 0.25) is 0 Å². The highest BCUT2D eigenvalue weighted by Crippen LogP contribution is 2.10. The molecule has 0 aliphatic heterocycles. The van der Waals surface area contributed by atoms with Gasteiger partial charge in [0.15, 0.2) is 0 Å². The molecule has 0 unspecified atom stereocenters. The van der Waals surface area contributed by atoms with Crippen LogP contribution in [0, 0.1) is 13.8 Å². The molecule has 1 aromatic rings. The Bertz CT molecular complexity index is 454. The number of amides is 1. The first kappa shape index (κ1) is 14.2. The van der Waals surface area contributed by atoms with Gasteiger partial charge in [-0.15, -0.1) is 0 Å². The van der Waals surface area contributed by atoms with Crippen LogP contribution in [0.5, 0.6) is 0 Å². The lowest BCUT2D eigenvalue weighted by Gasteiger charge is -2.15. The summed E-state index contributed by atoms with van der Waals surface area (Å²) < 4.78 is 4.39. The van der Waals surface area contributed by atoms with Gasteiger partial charge in [-0.1, -0.05) is 18.2 Å². The molecule has 1 aromatic carbocycles. The van der Waals surface area contributed by atoms with Crippen molar-refractivity contribution < 1.29 is 14.3 Å². The van der Waals surface area contributed by atoms with Crippen molar-refractivity contribution in [1.82, 2.24) is 4.90 Å². The van der Waals surface area contributed by atoms with Crippen molar-refractivity contribution >= 4 is 11.9 Å². The molecular formula is C14H19NO3. The zero-order chi connectivity index (χ0) is 13.7. The predicted molar refractivity (Wildman–Crippen MR) is 69.3 cm³/mol. The average Bonchev–Trinajstić information content (AvgIpc) is 2.37. The minimum atomic E-state index is -0.822. The molecule has 0 radical (unpaired) electrons. The maximum atomic E-state index is 11.5. The smallest absolute Gasteiger partial charge is 0.396 e. The average molecular weight is 249 g/mol. The van der Waals surface area contributed by atoms with E-state index in [0.29, 0.717) is 6.54 Å². The first-order chi connectivity index (χ1) is 8.45. The molecule has 0 spiro atoms. The topological polar surface area (TPSA) is 46.6 Å². The number of methoxy groups -OCH3 is 1. The number of hydrogen-bond donors (Lipinski definition) is 0. The normalized spacial score (nSPS) is 10.0. The Labute approximate surface area is 108 Å². The first-order valence-electron chi connectivity index (χ1n) is 5.85. The lowest BCUT2D eigenvalue weighted by Crippen LogP contribution is -2.35. The van der Waals surface area contributed by atoms with Gasteiger partial charge >= 0.3 is 11.9 Å². The molecule has 0 N–H and O–H groups in total. The molecule has 0 aliphatic carbocycles. The van der Waals surface area contributed by atoms with Crippen molar-refractivity contribution in [3.05, 3.63) is 34.9 Å². The Morgan fingerprint density at radius 2 is 1.89 bits per heavy atom. The molecule has 1 rings (SSSR count). The molecule has 18 heavy (non-hydrogen) atoms. The number of hydrogen-bond acceptors (Lipinski definition) is 3. The Hall–Kier alpha value is -1.84. The van der Waals surface area contributed by atoms with Gasteiger partial charge in [-0.2, -0.15) is 0 Å². The highest BCUT2D eigenvalue weighted by atomic mass is 16.5. The van der Waals surface area contributed by atoms with Crippen LogP contribution >= 0.6 is 0 Å². The van der Waals surface area contributed by atoms with E-state index in [1.165, 1.54) is 23.1 Å². The van der Waals surface area contributed by atoms with Crippen LogP contribution in [0.4, 0.5) is 0 Å². The highest BCUT2D eigenvalue weighted by Gasteiger charge is 2.18. The van der Waals surface area contributed by atoms with E-state index in [4.69, 9.17) is 0 Å². The van der Waals surface area contributed by atoms with E-state index in [9.17, 15) is 9.59 Å². The molecule has 0 saturated carbocycles. The molecule has 0 bridgehead atoms. The van der Waals surface area contributed by atoms with Crippen molar-refractivity contribution in [1.29, 1.82) is 0 Å². The van der Waals surface area contributed by atoms with Crippen molar-refractivity contribution in [2.24, 2.45) is 0 Å². The monoisotopic (exact) mass is 249 g/mol. The summed E-state index contributed by atoms with van der Waals surface area (Å²) in [7, 11) is 2.80. The summed E-state index contributed by atoms with van der Waals surface area (Å²) in [5.74, 6) is -1.43. The summed E-state index contributed by atoms with van der Waals surface area (Å²) in [5.41, 5.74) is 3.63. The van der Waals surface area contributed by atoms with Crippen LogP contribution in [-0.4, -0.2) is 37.5 Å². The van der Waals surface area contributed by atoms with Crippen LogP contribution in [0.15, 0.2) is 18.2 Å². The van der Waals surface area contributed by atoms with Crippen molar-refractivity contribution in [2.75, 3.05) is 20.7 Å². The summed E-state index contributed by atoms with van der Waals surface area (Å²) >= 11 is 0. The van der Waals surface area contributed by atoms with E-state index in [1.54, 1.807) is 7.05 Å². The van der Waals surface area contributed by atoms with E-state index in [1.807, 2.05) is 6.07 Å². The van der Waals surface area contributed by atoms with E-state index < -0.39 is 11.9 Å². The Morgan fingerprint density at radius 3 is 2.44 bits per heavy atom. The van der Waals surface area contributed by atoms with Gasteiger partial charge < -0.3 is 9.64 Å². The SMILES string of the molecule is COC(=O)C(=O)N(C)CCc1ccc(C)c(C)c1. The number of carbonyl (C=O) groups excluding carboxylic acids is 2. The highest BCUT2D eigenvalue weighted by molar-refractivity contribution is 6.32. The van der Waals surface area contributed by atoms with Crippen LogP contribution in [0.1, 0.15) is 16.7 Å². The number of likely N-dealkylation sites (N-methyl/N-ethyl adjacent to an activating group) is 1. The molecule has 98 valence electrons. The van der Waals surface area contributed by atoms with Crippen LogP contribution in [0.25, 0.3) is 0 Å². The van der Waals surface area contributed by atoms with Gasteiger partial charge in [0, 0.05) is 13.6 Å². The molecule has 0 fully saturated rings. The fraction of sp³-hybridized carbons (Fsp3) is 0.429. The number of rotatable bonds is 3. The molecule has 4 heteroatoms. The maximum Gasteiger partial charge on any atom is 0.396 e. The fourth-order valence-corrected chi connectivity index (χ4v) is 1.60. The summed E-state index contributed by atoms with van der Waals surface area (Å²) in [5, 5.41) is 0. The largest absolute Gasteiger partial charge is 0.462 e. The van der Waals surface area contributed by atoms with Crippen LogP contribution in [-0.2, 0) is 20.7 Å². The molecule has 0 aliphatic rings. The Morgan fingerprint density at radius 1 is 1.22 bits per heavy atom. The van der Waals surface area contributed by atoms with Gasteiger partial charge in [-0.3, -0.25) is 4.79 Å².